The summed E-state index contributed by atoms with van der Waals surface area (Å²) in [5.41, 5.74) is 2.70. The highest BCUT2D eigenvalue weighted by molar-refractivity contribution is 5.97. The molecule has 0 heterocycles. The molecule has 2 unspecified atom stereocenters. The normalized spacial score (nSPS) is 13.4. The minimum atomic E-state index is -0.657. The number of rotatable bonds is 8. The summed E-state index contributed by atoms with van der Waals surface area (Å²) in [5, 5.41) is 5.73. The van der Waals surface area contributed by atoms with Gasteiger partial charge in [0.1, 0.15) is 11.8 Å². The first-order valence-corrected chi connectivity index (χ1v) is 10.5. The summed E-state index contributed by atoms with van der Waals surface area (Å²) >= 11 is 0. The highest BCUT2D eigenvalue weighted by Gasteiger charge is 2.22. The van der Waals surface area contributed by atoms with Crippen LogP contribution in [0.15, 0.2) is 48.5 Å². The fourth-order valence-electron chi connectivity index (χ4n) is 3.33. The Hall–Kier alpha value is -2.86. The van der Waals surface area contributed by atoms with Gasteiger partial charge in [-0.05, 0) is 50.2 Å². The second-order valence-corrected chi connectivity index (χ2v) is 8.99. The Balaban J connectivity index is 1.99. The molecular weight excluding hydrogens is 390 g/mol. The Morgan fingerprint density at radius 1 is 1.03 bits per heavy atom. The molecule has 2 rings (SSSR count). The molecule has 0 aliphatic carbocycles. The highest BCUT2D eigenvalue weighted by Crippen LogP contribution is 2.27. The average molecular weight is 426 g/mol. The third-order valence-electron chi connectivity index (χ3n) is 5.34. The molecule has 0 saturated heterocycles. The van der Waals surface area contributed by atoms with E-state index in [0.29, 0.717) is 12.1 Å². The Labute approximate surface area is 186 Å². The quantitative estimate of drug-likeness (QED) is 0.679. The number of ether oxygens (including phenoxy) is 1. The number of carbonyl (C=O) groups is 2. The first-order valence-electron chi connectivity index (χ1n) is 10.5. The van der Waals surface area contributed by atoms with Crippen LogP contribution in [-0.2, 0) is 10.2 Å². The summed E-state index contributed by atoms with van der Waals surface area (Å²) in [6.07, 6.45) is 0. The van der Waals surface area contributed by atoms with Crippen molar-refractivity contribution in [1.29, 1.82) is 0 Å². The molecule has 0 aromatic heterocycles. The standard InChI is InChI=1S/C25H35N3O3/c1-17(27-24(30)18-12-14-19(15-13-18)25(2,3)4)23(29)26-16-21(28(5)6)20-10-8-9-11-22(20)31-7/h8-15,17,21H,16H2,1-7H3,(H,26,29)(H,27,30). The predicted molar refractivity (Wildman–Crippen MR) is 125 cm³/mol. The summed E-state index contributed by atoms with van der Waals surface area (Å²) in [6.45, 7) is 8.46. The van der Waals surface area contributed by atoms with Crippen LogP contribution in [0.5, 0.6) is 5.75 Å². The van der Waals surface area contributed by atoms with Crippen molar-refractivity contribution < 1.29 is 14.3 Å². The molecule has 2 N–H and O–H groups in total. The molecule has 0 saturated carbocycles. The number of carbonyl (C=O) groups excluding carboxylic acids is 2. The molecule has 0 fully saturated rings. The molecule has 168 valence electrons. The zero-order valence-electron chi connectivity index (χ0n) is 19.7. The third kappa shape index (κ3) is 6.56. The number of methoxy groups -OCH3 is 1. The Morgan fingerprint density at radius 3 is 2.19 bits per heavy atom. The van der Waals surface area contributed by atoms with Crippen molar-refractivity contribution in [3.05, 3.63) is 65.2 Å². The van der Waals surface area contributed by atoms with E-state index in [1.807, 2.05) is 55.4 Å². The lowest BCUT2D eigenvalue weighted by Gasteiger charge is -2.27. The van der Waals surface area contributed by atoms with Crippen molar-refractivity contribution in [2.75, 3.05) is 27.7 Å². The van der Waals surface area contributed by atoms with Crippen molar-refractivity contribution >= 4 is 11.8 Å². The molecular formula is C25H35N3O3. The minimum Gasteiger partial charge on any atom is -0.496 e. The second kappa shape index (κ2) is 10.4. The number of hydrogen-bond acceptors (Lipinski definition) is 4. The van der Waals surface area contributed by atoms with Gasteiger partial charge >= 0.3 is 0 Å². The SMILES string of the molecule is COc1ccccc1C(CNC(=O)C(C)NC(=O)c1ccc(C(C)(C)C)cc1)N(C)C. The molecule has 6 nitrogen and oxygen atoms in total. The van der Waals surface area contributed by atoms with E-state index in [9.17, 15) is 9.59 Å². The smallest absolute Gasteiger partial charge is 0.251 e. The molecule has 0 radical (unpaired) electrons. The summed E-state index contributed by atoms with van der Waals surface area (Å²) in [7, 11) is 5.54. The molecule has 2 aromatic carbocycles. The van der Waals surface area contributed by atoms with Gasteiger partial charge in [0.2, 0.25) is 5.91 Å². The Kier molecular flexibility index (Phi) is 8.22. The van der Waals surface area contributed by atoms with E-state index in [0.717, 1.165) is 16.9 Å². The van der Waals surface area contributed by atoms with Crippen LogP contribution in [0.4, 0.5) is 0 Å². The molecule has 2 atom stereocenters. The average Bonchev–Trinajstić information content (AvgIpc) is 2.73. The van der Waals surface area contributed by atoms with Gasteiger partial charge in [-0.15, -0.1) is 0 Å². The van der Waals surface area contributed by atoms with Crippen molar-refractivity contribution in [2.24, 2.45) is 0 Å². The number of nitrogens with one attached hydrogen (secondary N) is 2. The number of nitrogens with zero attached hydrogens (tertiary/aromatic N) is 1. The second-order valence-electron chi connectivity index (χ2n) is 8.99. The molecule has 2 aromatic rings. The van der Waals surface area contributed by atoms with E-state index in [1.165, 1.54) is 0 Å². The number of para-hydroxylation sites is 1. The maximum absolute atomic E-state index is 12.6. The first kappa shape index (κ1) is 24.4. The lowest BCUT2D eigenvalue weighted by Crippen LogP contribution is -2.46. The number of likely N-dealkylation sites (N-methyl/N-ethyl adjacent to an activating group) is 1. The lowest BCUT2D eigenvalue weighted by atomic mass is 9.86. The van der Waals surface area contributed by atoms with Crippen molar-refractivity contribution in [3.63, 3.8) is 0 Å². The van der Waals surface area contributed by atoms with Crippen LogP contribution in [0.2, 0.25) is 0 Å². The van der Waals surface area contributed by atoms with Crippen LogP contribution in [0.1, 0.15) is 55.2 Å². The molecule has 2 amide bonds. The Bertz CT molecular complexity index is 886. The summed E-state index contributed by atoms with van der Waals surface area (Å²) in [6, 6.07) is 14.5. The van der Waals surface area contributed by atoms with Gasteiger partial charge in [-0.25, -0.2) is 0 Å². The molecule has 31 heavy (non-hydrogen) atoms. The van der Waals surface area contributed by atoms with Gasteiger partial charge in [0, 0.05) is 17.7 Å². The van der Waals surface area contributed by atoms with Crippen LogP contribution in [0.3, 0.4) is 0 Å². The van der Waals surface area contributed by atoms with Crippen LogP contribution in [0, 0.1) is 0 Å². The number of amides is 2. The maximum Gasteiger partial charge on any atom is 0.251 e. The first-order chi connectivity index (χ1) is 14.5. The summed E-state index contributed by atoms with van der Waals surface area (Å²) < 4.78 is 5.47. The van der Waals surface area contributed by atoms with Gasteiger partial charge in [0.05, 0.1) is 13.2 Å². The van der Waals surface area contributed by atoms with E-state index in [1.54, 1.807) is 26.2 Å². The zero-order chi connectivity index (χ0) is 23.2. The number of benzene rings is 2. The number of hydrogen-bond donors (Lipinski definition) is 2. The molecule has 0 aliphatic rings. The molecule has 0 bridgehead atoms. The maximum atomic E-state index is 12.6. The van der Waals surface area contributed by atoms with Gasteiger partial charge in [0.15, 0.2) is 0 Å². The van der Waals surface area contributed by atoms with E-state index in [-0.39, 0.29) is 23.3 Å². The predicted octanol–water partition coefficient (Wildman–Crippen LogP) is 3.53. The topological polar surface area (TPSA) is 70.7 Å². The Morgan fingerprint density at radius 2 is 1.65 bits per heavy atom. The van der Waals surface area contributed by atoms with E-state index in [4.69, 9.17) is 4.74 Å². The van der Waals surface area contributed by atoms with Gasteiger partial charge in [-0.2, -0.15) is 0 Å². The largest absolute Gasteiger partial charge is 0.496 e. The van der Waals surface area contributed by atoms with Gasteiger partial charge in [-0.1, -0.05) is 51.1 Å². The molecule has 0 spiro atoms. The van der Waals surface area contributed by atoms with Crippen LogP contribution in [0.25, 0.3) is 0 Å². The van der Waals surface area contributed by atoms with Crippen molar-refractivity contribution in [2.45, 2.75) is 45.2 Å². The molecule has 6 heteroatoms. The zero-order valence-corrected chi connectivity index (χ0v) is 19.7. The fraction of sp³-hybridized carbons (Fsp3) is 0.440. The van der Waals surface area contributed by atoms with Gasteiger partial charge in [0.25, 0.3) is 5.91 Å². The highest BCUT2D eigenvalue weighted by atomic mass is 16.5. The van der Waals surface area contributed by atoms with E-state index < -0.39 is 6.04 Å². The van der Waals surface area contributed by atoms with Crippen LogP contribution < -0.4 is 15.4 Å². The third-order valence-corrected chi connectivity index (χ3v) is 5.34. The van der Waals surface area contributed by atoms with Crippen molar-refractivity contribution in [3.8, 4) is 5.75 Å². The fourth-order valence-corrected chi connectivity index (χ4v) is 3.33. The molecule has 0 aliphatic heterocycles. The summed E-state index contributed by atoms with van der Waals surface area (Å²) in [4.78, 5) is 27.2. The van der Waals surface area contributed by atoms with Crippen molar-refractivity contribution in [1.82, 2.24) is 15.5 Å². The lowest BCUT2D eigenvalue weighted by molar-refractivity contribution is -0.122. The van der Waals surface area contributed by atoms with Crippen LogP contribution >= 0.6 is 0 Å². The van der Waals surface area contributed by atoms with Gasteiger partial charge < -0.3 is 20.3 Å². The van der Waals surface area contributed by atoms with E-state index >= 15 is 0 Å². The van der Waals surface area contributed by atoms with Gasteiger partial charge in [-0.3, -0.25) is 9.59 Å². The monoisotopic (exact) mass is 425 g/mol. The minimum absolute atomic E-state index is 0.0204. The summed E-state index contributed by atoms with van der Waals surface area (Å²) in [5.74, 6) is 0.272. The van der Waals surface area contributed by atoms with Crippen LogP contribution in [-0.4, -0.2) is 50.5 Å². The van der Waals surface area contributed by atoms with E-state index in [2.05, 4.69) is 31.4 Å².